The fourth-order valence-corrected chi connectivity index (χ4v) is 2.58. The zero-order chi connectivity index (χ0) is 16.1. The number of amides is 2. The number of carbonyl (C=O) groups excluding carboxylic acids is 2. The smallest absolute Gasteiger partial charge is 0.256 e. The second-order valence-corrected chi connectivity index (χ2v) is 5.40. The fourth-order valence-electron chi connectivity index (χ4n) is 2.58. The molecule has 4 nitrogen and oxygen atoms in total. The Hall–Kier alpha value is -1.98. The van der Waals surface area contributed by atoms with Crippen molar-refractivity contribution in [2.75, 3.05) is 26.2 Å². The lowest BCUT2D eigenvalue weighted by Gasteiger charge is -2.22. The van der Waals surface area contributed by atoms with Gasteiger partial charge in [0, 0.05) is 38.7 Å². The summed E-state index contributed by atoms with van der Waals surface area (Å²) in [7, 11) is 0. The highest BCUT2D eigenvalue weighted by Crippen LogP contribution is 2.14. The first kappa shape index (κ1) is 16.4. The Bertz CT molecular complexity index is 563. The molecule has 22 heavy (non-hydrogen) atoms. The maximum absolute atomic E-state index is 13.7. The molecule has 1 saturated heterocycles. The number of carbonyl (C=O) groups is 2. The van der Waals surface area contributed by atoms with Gasteiger partial charge >= 0.3 is 0 Å². The lowest BCUT2D eigenvalue weighted by atomic mass is 10.1. The second-order valence-electron chi connectivity index (χ2n) is 5.40. The molecule has 2 amide bonds. The van der Waals surface area contributed by atoms with Gasteiger partial charge in [0.25, 0.3) is 5.91 Å². The van der Waals surface area contributed by atoms with Crippen molar-refractivity contribution >= 4 is 11.8 Å². The molecule has 0 N–H and O–H groups in total. The van der Waals surface area contributed by atoms with E-state index in [9.17, 15) is 18.4 Å². The Morgan fingerprint density at radius 1 is 1.09 bits per heavy atom. The number of benzene rings is 1. The van der Waals surface area contributed by atoms with E-state index in [2.05, 4.69) is 0 Å². The predicted molar refractivity (Wildman–Crippen MR) is 78.4 cm³/mol. The number of hydrogen-bond donors (Lipinski definition) is 0. The maximum atomic E-state index is 13.7. The van der Waals surface area contributed by atoms with Crippen molar-refractivity contribution in [2.45, 2.75) is 26.2 Å². The van der Waals surface area contributed by atoms with E-state index in [-0.39, 0.29) is 11.5 Å². The van der Waals surface area contributed by atoms with Crippen LogP contribution in [0.5, 0.6) is 0 Å². The van der Waals surface area contributed by atoms with E-state index in [0.717, 1.165) is 18.6 Å². The van der Waals surface area contributed by atoms with E-state index in [4.69, 9.17) is 0 Å². The third kappa shape index (κ3) is 3.81. The third-order valence-corrected chi connectivity index (χ3v) is 3.76. The van der Waals surface area contributed by atoms with Gasteiger partial charge in [-0.2, -0.15) is 0 Å². The number of rotatable bonds is 3. The fraction of sp³-hybridized carbons (Fsp3) is 0.500. The van der Waals surface area contributed by atoms with Crippen LogP contribution in [0.1, 0.15) is 36.5 Å². The van der Waals surface area contributed by atoms with Crippen LogP contribution in [0, 0.1) is 11.6 Å². The molecule has 1 aliphatic rings. The van der Waals surface area contributed by atoms with E-state index < -0.39 is 17.5 Å². The topological polar surface area (TPSA) is 40.6 Å². The zero-order valence-corrected chi connectivity index (χ0v) is 12.6. The van der Waals surface area contributed by atoms with E-state index in [1.165, 1.54) is 4.90 Å². The molecule has 0 atom stereocenters. The largest absolute Gasteiger partial charge is 0.341 e. The van der Waals surface area contributed by atoms with Gasteiger partial charge in [0.2, 0.25) is 5.91 Å². The molecule has 1 aromatic rings. The molecule has 1 aliphatic heterocycles. The average molecular weight is 310 g/mol. The minimum absolute atomic E-state index is 0.0877. The van der Waals surface area contributed by atoms with E-state index in [1.54, 1.807) is 4.90 Å². The van der Waals surface area contributed by atoms with Crippen LogP contribution in [0.2, 0.25) is 0 Å². The van der Waals surface area contributed by atoms with Crippen molar-refractivity contribution in [3.05, 3.63) is 35.4 Å². The molecular weight excluding hydrogens is 290 g/mol. The molecule has 2 rings (SSSR count). The summed E-state index contributed by atoms with van der Waals surface area (Å²) in [6, 6.07) is 2.95. The molecule has 1 heterocycles. The number of nitrogens with zero attached hydrogens (tertiary/aromatic N) is 2. The van der Waals surface area contributed by atoms with Gasteiger partial charge in [-0.3, -0.25) is 9.59 Å². The first-order chi connectivity index (χ1) is 10.5. The monoisotopic (exact) mass is 310 g/mol. The highest BCUT2D eigenvalue weighted by Gasteiger charge is 2.24. The summed E-state index contributed by atoms with van der Waals surface area (Å²) in [6.07, 6.45) is 1.95. The average Bonchev–Trinajstić information content (AvgIpc) is 2.73. The molecule has 0 bridgehead atoms. The first-order valence-electron chi connectivity index (χ1n) is 7.55. The SMILES string of the molecule is CCCC(=O)N1CCCN(C(=O)c2ccc(F)cc2F)CC1. The summed E-state index contributed by atoms with van der Waals surface area (Å²) in [6.45, 7) is 3.83. The van der Waals surface area contributed by atoms with Crippen LogP contribution in [0.4, 0.5) is 8.78 Å². The highest BCUT2D eigenvalue weighted by atomic mass is 19.1. The molecule has 0 spiro atoms. The van der Waals surface area contributed by atoms with Crippen LogP contribution >= 0.6 is 0 Å². The normalized spacial score (nSPS) is 15.6. The Labute approximate surface area is 128 Å². The first-order valence-corrected chi connectivity index (χ1v) is 7.55. The van der Waals surface area contributed by atoms with Crippen LogP contribution < -0.4 is 0 Å². The zero-order valence-electron chi connectivity index (χ0n) is 12.6. The molecule has 0 aromatic heterocycles. The van der Waals surface area contributed by atoms with Gasteiger partial charge in [-0.25, -0.2) is 8.78 Å². The van der Waals surface area contributed by atoms with Crippen molar-refractivity contribution in [3.8, 4) is 0 Å². The summed E-state index contributed by atoms with van der Waals surface area (Å²) in [5, 5.41) is 0. The second kappa shape index (κ2) is 7.33. The number of hydrogen-bond acceptors (Lipinski definition) is 2. The number of halogens is 2. The highest BCUT2D eigenvalue weighted by molar-refractivity contribution is 5.94. The molecular formula is C16H20F2N2O2. The van der Waals surface area contributed by atoms with Crippen molar-refractivity contribution in [1.82, 2.24) is 9.80 Å². The van der Waals surface area contributed by atoms with Crippen LogP contribution in [0.25, 0.3) is 0 Å². The lowest BCUT2D eigenvalue weighted by Crippen LogP contribution is -2.37. The minimum Gasteiger partial charge on any atom is -0.341 e. The standard InChI is InChI=1S/C16H20F2N2O2/c1-2-4-15(21)19-7-3-8-20(10-9-19)16(22)13-6-5-12(17)11-14(13)18/h5-6,11H,2-4,7-10H2,1H3. The molecule has 1 aromatic carbocycles. The summed E-state index contributed by atoms with van der Waals surface area (Å²) < 4.78 is 26.6. The summed E-state index contributed by atoms with van der Waals surface area (Å²) in [5.41, 5.74) is -0.130. The summed E-state index contributed by atoms with van der Waals surface area (Å²) in [4.78, 5) is 27.5. The lowest BCUT2D eigenvalue weighted by molar-refractivity contribution is -0.131. The van der Waals surface area contributed by atoms with Crippen molar-refractivity contribution < 1.29 is 18.4 Å². The Kier molecular flexibility index (Phi) is 5.46. The third-order valence-electron chi connectivity index (χ3n) is 3.76. The minimum atomic E-state index is -0.854. The van der Waals surface area contributed by atoms with Crippen LogP contribution in [-0.2, 0) is 4.79 Å². The Morgan fingerprint density at radius 2 is 1.77 bits per heavy atom. The van der Waals surface area contributed by atoms with Gasteiger partial charge in [-0.05, 0) is 25.0 Å². The van der Waals surface area contributed by atoms with E-state index >= 15 is 0 Å². The summed E-state index contributed by atoms with van der Waals surface area (Å²) >= 11 is 0. The quantitative estimate of drug-likeness (QED) is 0.860. The van der Waals surface area contributed by atoms with Gasteiger partial charge in [0.1, 0.15) is 11.6 Å². The van der Waals surface area contributed by atoms with Gasteiger partial charge in [-0.15, -0.1) is 0 Å². The maximum Gasteiger partial charge on any atom is 0.256 e. The predicted octanol–water partition coefficient (Wildman–Crippen LogP) is 2.44. The molecule has 1 fully saturated rings. The van der Waals surface area contributed by atoms with Gasteiger partial charge in [-0.1, -0.05) is 6.92 Å². The van der Waals surface area contributed by atoms with E-state index in [0.29, 0.717) is 45.1 Å². The Morgan fingerprint density at radius 3 is 2.45 bits per heavy atom. The Balaban J connectivity index is 2.04. The van der Waals surface area contributed by atoms with Crippen molar-refractivity contribution in [1.29, 1.82) is 0 Å². The van der Waals surface area contributed by atoms with E-state index in [1.807, 2.05) is 6.92 Å². The van der Waals surface area contributed by atoms with Gasteiger partial charge < -0.3 is 9.80 Å². The van der Waals surface area contributed by atoms with Crippen LogP contribution in [0.15, 0.2) is 18.2 Å². The molecule has 0 radical (unpaired) electrons. The van der Waals surface area contributed by atoms with Crippen molar-refractivity contribution in [2.24, 2.45) is 0 Å². The summed E-state index contributed by atoms with van der Waals surface area (Å²) in [5.74, 6) is -1.93. The molecule has 6 heteroatoms. The molecule has 0 saturated carbocycles. The van der Waals surface area contributed by atoms with Crippen LogP contribution in [0.3, 0.4) is 0 Å². The van der Waals surface area contributed by atoms with Crippen molar-refractivity contribution in [3.63, 3.8) is 0 Å². The van der Waals surface area contributed by atoms with Gasteiger partial charge in [0.05, 0.1) is 5.56 Å². The van der Waals surface area contributed by atoms with Gasteiger partial charge in [0.15, 0.2) is 0 Å². The molecule has 0 unspecified atom stereocenters. The molecule has 0 aliphatic carbocycles. The van der Waals surface area contributed by atoms with Crippen LogP contribution in [-0.4, -0.2) is 47.8 Å². The molecule has 120 valence electrons.